The number of benzene rings is 1. The number of hydrogen-bond acceptors (Lipinski definition) is 5. The Morgan fingerprint density at radius 3 is 2.59 bits per heavy atom. The molecule has 0 saturated carbocycles. The van der Waals surface area contributed by atoms with Gasteiger partial charge in [-0.1, -0.05) is 18.2 Å². The van der Waals surface area contributed by atoms with Crippen LogP contribution in [0.15, 0.2) is 24.3 Å². The number of hydrogen-bond donors (Lipinski definition) is 0. The van der Waals surface area contributed by atoms with Crippen LogP contribution >= 0.6 is 0 Å². The maximum atomic E-state index is 12.5. The summed E-state index contributed by atoms with van der Waals surface area (Å²) in [7, 11) is -3.06. The van der Waals surface area contributed by atoms with Crippen molar-refractivity contribution >= 4 is 16.1 Å². The molecule has 0 spiro atoms. The second kappa shape index (κ2) is 5.62. The SMILES string of the molecule is COC(=O)CS(=O)(=O)Oc1ccccc1CF. The molecule has 0 unspecified atom stereocenters. The Hall–Kier alpha value is -1.63. The Morgan fingerprint density at radius 1 is 1.35 bits per heavy atom. The molecule has 0 N–H and O–H groups in total. The van der Waals surface area contributed by atoms with E-state index in [1.54, 1.807) is 6.07 Å². The molecule has 0 amide bonds. The van der Waals surface area contributed by atoms with Crippen molar-refractivity contribution in [1.29, 1.82) is 0 Å². The summed E-state index contributed by atoms with van der Waals surface area (Å²) < 4.78 is 44.1. The fourth-order valence-corrected chi connectivity index (χ4v) is 1.97. The molecular weight excluding hydrogens is 251 g/mol. The molecule has 5 nitrogen and oxygen atoms in total. The zero-order valence-corrected chi connectivity index (χ0v) is 9.87. The highest BCUT2D eigenvalue weighted by atomic mass is 32.2. The van der Waals surface area contributed by atoms with Crippen molar-refractivity contribution in [2.75, 3.05) is 12.9 Å². The fourth-order valence-electron chi connectivity index (χ4n) is 1.07. The summed E-state index contributed by atoms with van der Waals surface area (Å²) in [6.45, 7) is -0.857. The van der Waals surface area contributed by atoms with Gasteiger partial charge in [-0.3, -0.25) is 4.79 Å². The minimum Gasteiger partial charge on any atom is -0.468 e. The molecule has 0 radical (unpaired) electrons. The van der Waals surface area contributed by atoms with E-state index < -0.39 is 28.5 Å². The molecule has 1 aromatic rings. The first-order valence-electron chi connectivity index (χ1n) is 4.61. The first kappa shape index (κ1) is 13.4. The molecule has 0 aromatic heterocycles. The highest BCUT2D eigenvalue weighted by Gasteiger charge is 2.20. The van der Waals surface area contributed by atoms with Crippen LogP contribution in [0.5, 0.6) is 5.75 Å². The number of carbonyl (C=O) groups is 1. The predicted octanol–water partition coefficient (Wildman–Crippen LogP) is 1.04. The lowest BCUT2D eigenvalue weighted by atomic mass is 10.2. The van der Waals surface area contributed by atoms with Crippen molar-refractivity contribution in [3.8, 4) is 5.75 Å². The van der Waals surface area contributed by atoms with Gasteiger partial charge in [0.2, 0.25) is 0 Å². The molecule has 94 valence electrons. The summed E-state index contributed by atoms with van der Waals surface area (Å²) in [5, 5.41) is 0. The number of rotatable bonds is 5. The highest BCUT2D eigenvalue weighted by Crippen LogP contribution is 2.20. The van der Waals surface area contributed by atoms with Crippen LogP contribution in [0, 0.1) is 0 Å². The molecule has 0 aliphatic rings. The predicted molar refractivity (Wildman–Crippen MR) is 57.7 cm³/mol. The van der Waals surface area contributed by atoms with Crippen LogP contribution in [0.3, 0.4) is 0 Å². The maximum Gasteiger partial charge on any atom is 0.324 e. The smallest absolute Gasteiger partial charge is 0.324 e. The van der Waals surface area contributed by atoms with Gasteiger partial charge in [-0.2, -0.15) is 8.42 Å². The van der Waals surface area contributed by atoms with E-state index in [1.807, 2.05) is 0 Å². The van der Waals surface area contributed by atoms with Crippen molar-refractivity contribution in [2.24, 2.45) is 0 Å². The van der Waals surface area contributed by atoms with Crippen LogP contribution in [-0.4, -0.2) is 27.2 Å². The molecule has 7 heteroatoms. The van der Waals surface area contributed by atoms with Gasteiger partial charge in [0, 0.05) is 5.56 Å². The van der Waals surface area contributed by atoms with Crippen molar-refractivity contribution < 1.29 is 26.5 Å². The Bertz CT molecular complexity index is 497. The van der Waals surface area contributed by atoms with Gasteiger partial charge in [0.05, 0.1) is 7.11 Å². The molecule has 1 rings (SSSR count). The van der Waals surface area contributed by atoms with Crippen LogP contribution in [0.2, 0.25) is 0 Å². The summed E-state index contributed by atoms with van der Waals surface area (Å²) in [6, 6.07) is 5.75. The zero-order chi connectivity index (χ0) is 12.9. The second-order valence-electron chi connectivity index (χ2n) is 3.10. The maximum absolute atomic E-state index is 12.5. The standard InChI is InChI=1S/C10H11FO5S/c1-15-10(12)7-17(13,14)16-9-5-3-2-4-8(9)6-11/h2-5H,6-7H2,1H3. The number of halogens is 1. The molecule has 0 aliphatic carbocycles. The molecule has 0 bridgehead atoms. The van der Waals surface area contributed by atoms with E-state index in [4.69, 9.17) is 0 Å². The number of esters is 1. The van der Waals surface area contributed by atoms with Gasteiger partial charge >= 0.3 is 16.1 Å². The van der Waals surface area contributed by atoms with Crippen molar-refractivity contribution in [3.05, 3.63) is 29.8 Å². The molecule has 0 aliphatic heterocycles. The number of para-hydroxylation sites is 1. The van der Waals surface area contributed by atoms with E-state index in [0.717, 1.165) is 7.11 Å². The summed E-state index contributed by atoms with van der Waals surface area (Å²) >= 11 is 0. The lowest BCUT2D eigenvalue weighted by molar-refractivity contribution is -0.137. The Kier molecular flexibility index (Phi) is 4.45. The van der Waals surface area contributed by atoms with Crippen molar-refractivity contribution in [1.82, 2.24) is 0 Å². The summed E-state index contributed by atoms with van der Waals surface area (Å²) in [6.07, 6.45) is 0. The van der Waals surface area contributed by atoms with Crippen LogP contribution in [-0.2, 0) is 26.3 Å². The third-order valence-corrected chi connectivity index (χ3v) is 2.88. The molecule has 0 atom stereocenters. The lowest BCUT2D eigenvalue weighted by Gasteiger charge is -2.08. The molecule has 0 fully saturated rings. The minimum absolute atomic E-state index is 0.0981. The largest absolute Gasteiger partial charge is 0.468 e. The van der Waals surface area contributed by atoms with Gasteiger partial charge in [0.15, 0.2) is 5.75 Å². The van der Waals surface area contributed by atoms with Crippen LogP contribution < -0.4 is 4.18 Å². The lowest BCUT2D eigenvalue weighted by Crippen LogP contribution is -2.22. The summed E-state index contributed by atoms with van der Waals surface area (Å²) in [5.41, 5.74) is 0.0981. The average Bonchev–Trinajstić information content (AvgIpc) is 2.28. The number of ether oxygens (including phenoxy) is 1. The van der Waals surface area contributed by atoms with Crippen LogP contribution in [0.4, 0.5) is 4.39 Å². The normalized spacial score (nSPS) is 10.9. The molecule has 17 heavy (non-hydrogen) atoms. The van der Waals surface area contributed by atoms with Gasteiger partial charge < -0.3 is 8.92 Å². The van der Waals surface area contributed by atoms with Gasteiger partial charge in [-0.15, -0.1) is 0 Å². The van der Waals surface area contributed by atoms with Crippen LogP contribution in [0.1, 0.15) is 5.56 Å². The number of alkyl halides is 1. The van der Waals surface area contributed by atoms with E-state index in [0.29, 0.717) is 0 Å². The van der Waals surface area contributed by atoms with Gasteiger partial charge in [0.1, 0.15) is 12.4 Å². The van der Waals surface area contributed by atoms with Crippen molar-refractivity contribution in [3.63, 3.8) is 0 Å². The van der Waals surface area contributed by atoms with Crippen LogP contribution in [0.25, 0.3) is 0 Å². The van der Waals surface area contributed by atoms with Gasteiger partial charge in [-0.25, -0.2) is 4.39 Å². The molecular formula is C10H11FO5S. The van der Waals surface area contributed by atoms with Gasteiger partial charge in [-0.05, 0) is 6.07 Å². The van der Waals surface area contributed by atoms with E-state index in [1.165, 1.54) is 18.2 Å². The molecule has 0 saturated heterocycles. The quantitative estimate of drug-likeness (QED) is 0.585. The topological polar surface area (TPSA) is 69.7 Å². The number of carbonyl (C=O) groups excluding carboxylic acids is 1. The first-order valence-corrected chi connectivity index (χ1v) is 6.19. The second-order valence-corrected chi connectivity index (χ2v) is 4.67. The van der Waals surface area contributed by atoms with E-state index in [9.17, 15) is 17.6 Å². The fraction of sp³-hybridized carbons (Fsp3) is 0.300. The Labute approximate surface area is 98.3 Å². The Morgan fingerprint density at radius 2 is 2.00 bits per heavy atom. The Balaban J connectivity index is 2.86. The first-order chi connectivity index (χ1) is 7.98. The summed E-state index contributed by atoms with van der Waals surface area (Å²) in [5.74, 6) is -1.98. The van der Waals surface area contributed by atoms with Crippen molar-refractivity contribution in [2.45, 2.75) is 6.67 Å². The number of methoxy groups -OCH3 is 1. The highest BCUT2D eigenvalue weighted by molar-refractivity contribution is 7.87. The van der Waals surface area contributed by atoms with E-state index in [-0.39, 0.29) is 11.3 Å². The molecule has 0 heterocycles. The minimum atomic E-state index is -4.12. The van der Waals surface area contributed by atoms with E-state index in [2.05, 4.69) is 8.92 Å². The van der Waals surface area contributed by atoms with E-state index >= 15 is 0 Å². The monoisotopic (exact) mass is 262 g/mol. The zero-order valence-electron chi connectivity index (χ0n) is 9.05. The molecule has 1 aromatic carbocycles. The summed E-state index contributed by atoms with van der Waals surface area (Å²) in [4.78, 5) is 10.8. The third kappa shape index (κ3) is 4.03. The third-order valence-electron chi connectivity index (χ3n) is 1.86. The van der Waals surface area contributed by atoms with Gasteiger partial charge in [0.25, 0.3) is 0 Å². The average molecular weight is 262 g/mol.